The first-order valence-corrected chi connectivity index (χ1v) is 6.75. The highest BCUT2D eigenvalue weighted by molar-refractivity contribution is 7.89. The number of rotatable bonds is 4. The zero-order valence-electron chi connectivity index (χ0n) is 9.18. The average molecular weight is 249 g/mol. The molecule has 0 fully saturated rings. The second kappa shape index (κ2) is 4.83. The molecule has 2 aromatic rings. The highest BCUT2D eigenvalue weighted by atomic mass is 32.2. The van der Waals surface area contributed by atoms with Crippen molar-refractivity contribution in [2.24, 2.45) is 0 Å². The Morgan fingerprint density at radius 2 is 1.76 bits per heavy atom. The van der Waals surface area contributed by atoms with Crippen molar-refractivity contribution in [3.05, 3.63) is 42.5 Å². The normalized spacial score (nSPS) is 11.8. The molecule has 0 bridgehead atoms. The Labute approximate surface area is 100 Å². The smallest absolute Gasteiger partial charge is 0.240 e. The quantitative estimate of drug-likeness (QED) is 0.889. The predicted molar refractivity (Wildman–Crippen MR) is 67.1 cm³/mol. The minimum absolute atomic E-state index is 0.0345. The van der Waals surface area contributed by atoms with Crippen LogP contribution in [0.4, 0.5) is 0 Å². The highest BCUT2D eigenvalue weighted by Gasteiger charge is 2.12. The minimum atomic E-state index is -3.48. The standard InChI is InChI=1S/C12H13N2O2S/c13-7-8-14-17(15,16)12-6-5-10-3-1-2-4-11(10)9-12/h1-6,9,13-14H,7-8H2. The van der Waals surface area contributed by atoms with Gasteiger partial charge in [0.15, 0.2) is 0 Å². The van der Waals surface area contributed by atoms with E-state index in [4.69, 9.17) is 5.73 Å². The molecule has 0 aromatic heterocycles. The van der Waals surface area contributed by atoms with Gasteiger partial charge in [0.2, 0.25) is 10.0 Å². The van der Waals surface area contributed by atoms with Crippen molar-refractivity contribution < 1.29 is 8.42 Å². The fourth-order valence-electron chi connectivity index (χ4n) is 1.60. The minimum Gasteiger partial charge on any atom is -0.256 e. The van der Waals surface area contributed by atoms with Gasteiger partial charge in [0, 0.05) is 13.1 Å². The number of hydrogen-bond acceptors (Lipinski definition) is 2. The van der Waals surface area contributed by atoms with Gasteiger partial charge < -0.3 is 0 Å². The van der Waals surface area contributed by atoms with Gasteiger partial charge >= 0.3 is 0 Å². The van der Waals surface area contributed by atoms with E-state index in [2.05, 4.69) is 4.72 Å². The number of benzene rings is 2. The lowest BCUT2D eigenvalue weighted by atomic mass is 10.1. The molecule has 0 heterocycles. The van der Waals surface area contributed by atoms with Gasteiger partial charge in [0.05, 0.1) is 4.90 Å². The molecule has 2 aromatic carbocycles. The summed E-state index contributed by atoms with van der Waals surface area (Å²) in [6, 6.07) is 12.6. The lowest BCUT2D eigenvalue weighted by Gasteiger charge is -2.06. The Kier molecular flexibility index (Phi) is 3.42. The van der Waals surface area contributed by atoms with Gasteiger partial charge in [-0.25, -0.2) is 13.1 Å². The molecule has 2 N–H and O–H groups in total. The average Bonchev–Trinajstić information content (AvgIpc) is 2.36. The van der Waals surface area contributed by atoms with Crippen LogP contribution in [0.5, 0.6) is 0 Å². The summed E-state index contributed by atoms with van der Waals surface area (Å²) < 4.78 is 26.1. The Bertz CT molecular complexity index is 623. The highest BCUT2D eigenvalue weighted by Crippen LogP contribution is 2.18. The second-order valence-corrected chi connectivity index (χ2v) is 5.42. The van der Waals surface area contributed by atoms with Crippen LogP contribution in [0.1, 0.15) is 0 Å². The van der Waals surface area contributed by atoms with Crippen LogP contribution in [0.25, 0.3) is 10.8 Å². The van der Waals surface area contributed by atoms with E-state index in [0.29, 0.717) is 0 Å². The number of sulfonamides is 1. The summed E-state index contributed by atoms with van der Waals surface area (Å²) in [6.45, 7) is 0.169. The summed E-state index contributed by atoms with van der Waals surface area (Å²) in [7, 11) is -3.48. The SMILES string of the molecule is [NH]CCNS(=O)(=O)c1ccc2ccccc2c1. The predicted octanol–water partition coefficient (Wildman–Crippen LogP) is 1.40. The molecule has 0 aliphatic heterocycles. The second-order valence-electron chi connectivity index (χ2n) is 3.66. The molecule has 17 heavy (non-hydrogen) atoms. The summed E-state index contributed by atoms with van der Waals surface area (Å²) in [6.07, 6.45) is 0. The monoisotopic (exact) mass is 249 g/mol. The number of hydrogen-bond donors (Lipinski definition) is 1. The number of fused-ring (bicyclic) bond motifs is 1. The fraction of sp³-hybridized carbons (Fsp3) is 0.167. The molecule has 0 atom stereocenters. The molecule has 1 radical (unpaired) electrons. The zero-order valence-corrected chi connectivity index (χ0v) is 10.00. The lowest BCUT2D eigenvalue weighted by Crippen LogP contribution is -2.26. The van der Waals surface area contributed by atoms with Crippen LogP contribution in [-0.2, 0) is 10.0 Å². The van der Waals surface area contributed by atoms with Crippen LogP contribution in [0, 0.1) is 0 Å². The summed E-state index contributed by atoms with van der Waals surface area (Å²) in [5.41, 5.74) is 6.95. The van der Waals surface area contributed by atoms with Crippen molar-refractivity contribution in [3.8, 4) is 0 Å². The molecule has 4 nitrogen and oxygen atoms in total. The van der Waals surface area contributed by atoms with E-state index in [-0.39, 0.29) is 18.0 Å². The molecule has 2 rings (SSSR count). The van der Waals surface area contributed by atoms with Crippen molar-refractivity contribution in [1.82, 2.24) is 10.5 Å². The summed E-state index contributed by atoms with van der Waals surface area (Å²) in [5, 5.41) is 1.90. The third-order valence-electron chi connectivity index (χ3n) is 2.45. The molecule has 0 saturated carbocycles. The van der Waals surface area contributed by atoms with Crippen LogP contribution < -0.4 is 10.5 Å². The topological polar surface area (TPSA) is 70.0 Å². The molecule has 0 aliphatic rings. The maximum Gasteiger partial charge on any atom is 0.240 e. The van der Waals surface area contributed by atoms with Crippen molar-refractivity contribution in [2.45, 2.75) is 4.90 Å². The van der Waals surface area contributed by atoms with E-state index in [1.807, 2.05) is 24.3 Å². The molecule has 0 spiro atoms. The first-order valence-electron chi connectivity index (χ1n) is 5.26. The fourth-order valence-corrected chi connectivity index (χ4v) is 2.67. The molecule has 0 unspecified atom stereocenters. The van der Waals surface area contributed by atoms with Gasteiger partial charge in [-0.2, -0.15) is 0 Å². The van der Waals surface area contributed by atoms with Gasteiger partial charge in [0.25, 0.3) is 0 Å². The molecule has 5 heteroatoms. The number of nitrogens with one attached hydrogen (secondary N) is 2. The van der Waals surface area contributed by atoms with Crippen LogP contribution in [-0.4, -0.2) is 21.5 Å². The van der Waals surface area contributed by atoms with E-state index < -0.39 is 10.0 Å². The van der Waals surface area contributed by atoms with E-state index >= 15 is 0 Å². The molecular formula is C12H13N2O2S. The Morgan fingerprint density at radius 1 is 1.06 bits per heavy atom. The van der Waals surface area contributed by atoms with Gasteiger partial charge in [-0.05, 0) is 22.9 Å². The molecule has 0 amide bonds. The Balaban J connectivity index is 2.42. The maximum absolute atomic E-state index is 11.8. The lowest BCUT2D eigenvalue weighted by molar-refractivity contribution is 0.582. The van der Waals surface area contributed by atoms with Gasteiger partial charge in [0.1, 0.15) is 0 Å². The van der Waals surface area contributed by atoms with E-state index in [9.17, 15) is 8.42 Å². The first kappa shape index (κ1) is 12.0. The molecule has 0 saturated heterocycles. The first-order chi connectivity index (χ1) is 8.13. The van der Waals surface area contributed by atoms with Crippen LogP contribution >= 0.6 is 0 Å². The maximum atomic E-state index is 11.8. The van der Waals surface area contributed by atoms with Crippen molar-refractivity contribution in [1.29, 1.82) is 0 Å². The summed E-state index contributed by atoms with van der Waals surface area (Å²) >= 11 is 0. The third-order valence-corrected chi connectivity index (χ3v) is 3.91. The zero-order chi connectivity index (χ0) is 12.3. The Hall–Kier alpha value is -1.43. The van der Waals surface area contributed by atoms with E-state index in [0.717, 1.165) is 10.8 Å². The largest absolute Gasteiger partial charge is 0.256 e. The molecule has 0 aliphatic carbocycles. The van der Waals surface area contributed by atoms with Gasteiger partial charge in [-0.1, -0.05) is 30.3 Å². The Morgan fingerprint density at radius 3 is 2.47 bits per heavy atom. The van der Waals surface area contributed by atoms with Crippen LogP contribution in [0.15, 0.2) is 47.4 Å². The third kappa shape index (κ3) is 2.63. The van der Waals surface area contributed by atoms with Crippen LogP contribution in [0.3, 0.4) is 0 Å². The molecule has 89 valence electrons. The van der Waals surface area contributed by atoms with Crippen molar-refractivity contribution in [3.63, 3.8) is 0 Å². The van der Waals surface area contributed by atoms with Gasteiger partial charge in [-0.3, -0.25) is 5.73 Å². The van der Waals surface area contributed by atoms with E-state index in [1.54, 1.807) is 18.2 Å². The van der Waals surface area contributed by atoms with Gasteiger partial charge in [-0.15, -0.1) is 0 Å². The van der Waals surface area contributed by atoms with E-state index in [1.165, 1.54) is 0 Å². The van der Waals surface area contributed by atoms with Crippen LogP contribution in [0.2, 0.25) is 0 Å². The summed E-state index contributed by atoms with van der Waals surface area (Å²) in [5.74, 6) is 0. The van der Waals surface area contributed by atoms with Crippen molar-refractivity contribution in [2.75, 3.05) is 13.1 Å². The molecular weight excluding hydrogens is 236 g/mol. The summed E-state index contributed by atoms with van der Waals surface area (Å²) in [4.78, 5) is 0.240. The van der Waals surface area contributed by atoms with Crippen molar-refractivity contribution >= 4 is 20.8 Å².